The van der Waals surface area contributed by atoms with Crippen LogP contribution >= 0.6 is 0 Å². The number of hydrogen-bond acceptors (Lipinski definition) is 6. The fourth-order valence-corrected chi connectivity index (χ4v) is 5.78. The van der Waals surface area contributed by atoms with Gasteiger partial charge in [-0.3, -0.25) is 0 Å². The number of rotatable bonds is 7. The van der Waals surface area contributed by atoms with Crippen LogP contribution in [0, 0.1) is 0 Å². The molecule has 0 radical (unpaired) electrons. The molecule has 48 heavy (non-hydrogen) atoms. The third-order valence-electron chi connectivity index (χ3n) is 8.26. The highest BCUT2D eigenvalue weighted by Crippen LogP contribution is 2.38. The van der Waals surface area contributed by atoms with Gasteiger partial charge in [0.1, 0.15) is 11.1 Å². The molecule has 228 valence electrons. The predicted molar refractivity (Wildman–Crippen MR) is 195 cm³/mol. The van der Waals surface area contributed by atoms with E-state index in [-0.39, 0.29) is 0 Å². The number of benzene rings is 4. The summed E-state index contributed by atoms with van der Waals surface area (Å²) in [5, 5.41) is 2.05. The van der Waals surface area contributed by atoms with Gasteiger partial charge < -0.3 is 4.42 Å². The third-order valence-corrected chi connectivity index (χ3v) is 8.26. The van der Waals surface area contributed by atoms with Gasteiger partial charge in [-0.2, -0.15) is 0 Å². The smallest absolute Gasteiger partial charge is 0.164 e. The first-order valence-electron chi connectivity index (χ1n) is 15.7. The van der Waals surface area contributed by atoms with Crippen LogP contribution in [-0.2, 0) is 0 Å². The van der Waals surface area contributed by atoms with E-state index in [1.807, 2.05) is 116 Å². The number of pyridine rings is 2. The zero-order valence-corrected chi connectivity index (χ0v) is 26.2. The Labute approximate surface area is 277 Å². The largest absolute Gasteiger partial charge is 0.454 e. The Morgan fingerprint density at radius 2 is 1.33 bits per heavy atom. The molecule has 4 aromatic heterocycles. The Hall–Kier alpha value is -6.53. The summed E-state index contributed by atoms with van der Waals surface area (Å²) in [4.78, 5) is 24.6. The van der Waals surface area contributed by atoms with Crippen molar-refractivity contribution in [3.63, 3.8) is 0 Å². The molecule has 0 aliphatic heterocycles. The Balaban J connectivity index is 1.25. The van der Waals surface area contributed by atoms with Crippen LogP contribution in [0.3, 0.4) is 0 Å². The molecule has 0 bridgehead atoms. The van der Waals surface area contributed by atoms with Crippen molar-refractivity contribution in [2.45, 2.75) is 6.92 Å². The SMILES string of the molecule is C=C/C=C\C=C(/C)c1nc(-c2ccccc2)nc(-c2ccc(-c3cc(-c4ccc5ccccc5n4)nc4c3oc3ccccc34)cc2)n1. The van der Waals surface area contributed by atoms with Crippen molar-refractivity contribution in [2.24, 2.45) is 0 Å². The molecule has 4 heterocycles. The summed E-state index contributed by atoms with van der Waals surface area (Å²) in [5.41, 5.74) is 9.47. The number of hydrogen-bond donors (Lipinski definition) is 0. The van der Waals surface area contributed by atoms with Gasteiger partial charge in [-0.1, -0.05) is 122 Å². The van der Waals surface area contributed by atoms with E-state index >= 15 is 0 Å². The molecule has 4 aromatic carbocycles. The summed E-state index contributed by atoms with van der Waals surface area (Å²) in [6.07, 6.45) is 7.52. The van der Waals surface area contributed by atoms with E-state index in [2.05, 4.69) is 36.9 Å². The highest BCUT2D eigenvalue weighted by Gasteiger charge is 2.18. The zero-order chi connectivity index (χ0) is 32.5. The first-order chi connectivity index (χ1) is 23.6. The van der Waals surface area contributed by atoms with E-state index in [4.69, 9.17) is 29.3 Å². The Morgan fingerprint density at radius 3 is 2.15 bits per heavy atom. The van der Waals surface area contributed by atoms with Crippen molar-refractivity contribution in [3.05, 3.63) is 158 Å². The minimum absolute atomic E-state index is 0.593. The van der Waals surface area contributed by atoms with Crippen LogP contribution < -0.4 is 0 Å². The molecule has 0 unspecified atom stereocenters. The molecular formula is C42H29N5O. The van der Waals surface area contributed by atoms with E-state index in [1.54, 1.807) is 6.08 Å². The Morgan fingerprint density at radius 1 is 0.625 bits per heavy atom. The van der Waals surface area contributed by atoms with Crippen LogP contribution in [0.4, 0.5) is 0 Å². The molecule has 8 aromatic rings. The molecule has 0 aliphatic rings. The molecule has 0 N–H and O–H groups in total. The molecule has 0 aliphatic carbocycles. The molecule has 0 saturated heterocycles. The topological polar surface area (TPSA) is 77.6 Å². The second-order valence-electron chi connectivity index (χ2n) is 11.4. The fourth-order valence-electron chi connectivity index (χ4n) is 5.78. The van der Waals surface area contributed by atoms with Crippen LogP contribution in [0.1, 0.15) is 12.7 Å². The minimum atomic E-state index is 0.593. The standard InChI is InChI=1S/C42H29N5O/c1-3-4-6-13-27(2)40-45-41(30-15-7-5-8-16-30)47-42(46-40)31-22-20-28(21-23-31)33-26-36(35-25-24-29-14-9-11-18-34(29)43-35)44-38-32-17-10-12-19-37(32)48-39(33)38/h3-26H,1H2,2H3/b6-4-,27-13+. The zero-order valence-electron chi connectivity index (χ0n) is 26.2. The maximum absolute atomic E-state index is 6.43. The summed E-state index contributed by atoms with van der Waals surface area (Å²) < 4.78 is 6.43. The van der Waals surface area contributed by atoms with Gasteiger partial charge in [0.15, 0.2) is 23.1 Å². The molecule has 0 saturated carbocycles. The third kappa shape index (κ3) is 5.46. The van der Waals surface area contributed by atoms with Gasteiger partial charge in [-0.05, 0) is 48.4 Å². The number of fused-ring (bicyclic) bond motifs is 4. The second kappa shape index (κ2) is 12.3. The highest BCUT2D eigenvalue weighted by molar-refractivity contribution is 6.08. The van der Waals surface area contributed by atoms with E-state index in [0.29, 0.717) is 17.5 Å². The maximum atomic E-state index is 6.43. The van der Waals surface area contributed by atoms with Crippen LogP contribution in [0.2, 0.25) is 0 Å². The molecule has 6 heteroatoms. The van der Waals surface area contributed by atoms with E-state index < -0.39 is 0 Å². The summed E-state index contributed by atoms with van der Waals surface area (Å²) in [5.74, 6) is 1.82. The van der Waals surface area contributed by atoms with Crippen molar-refractivity contribution < 1.29 is 4.42 Å². The summed E-state index contributed by atoms with van der Waals surface area (Å²) in [7, 11) is 0. The van der Waals surface area contributed by atoms with Crippen LogP contribution in [0.5, 0.6) is 0 Å². The summed E-state index contributed by atoms with van der Waals surface area (Å²) in [6, 6.07) is 40.5. The van der Waals surface area contributed by atoms with Gasteiger partial charge in [-0.25, -0.2) is 24.9 Å². The van der Waals surface area contributed by atoms with Crippen LogP contribution in [-0.4, -0.2) is 24.9 Å². The summed E-state index contributed by atoms with van der Waals surface area (Å²) in [6.45, 7) is 5.75. The molecule has 8 rings (SSSR count). The second-order valence-corrected chi connectivity index (χ2v) is 11.4. The summed E-state index contributed by atoms with van der Waals surface area (Å²) >= 11 is 0. The number of para-hydroxylation sites is 2. The lowest BCUT2D eigenvalue weighted by molar-refractivity contribution is 0.669. The quantitative estimate of drug-likeness (QED) is 0.165. The molecule has 0 atom stereocenters. The average molecular weight is 620 g/mol. The molecule has 0 fully saturated rings. The normalized spacial score (nSPS) is 12.0. The van der Waals surface area contributed by atoms with Gasteiger partial charge in [-0.15, -0.1) is 0 Å². The molecular weight excluding hydrogens is 590 g/mol. The Kier molecular flexibility index (Phi) is 7.43. The van der Waals surface area contributed by atoms with E-state index in [0.717, 1.165) is 72.2 Å². The lowest BCUT2D eigenvalue weighted by atomic mass is 10.0. The van der Waals surface area contributed by atoms with Crippen molar-refractivity contribution in [3.8, 4) is 45.3 Å². The van der Waals surface area contributed by atoms with Gasteiger partial charge >= 0.3 is 0 Å². The molecule has 0 amide bonds. The average Bonchev–Trinajstić information content (AvgIpc) is 3.53. The van der Waals surface area contributed by atoms with Gasteiger partial charge in [0.25, 0.3) is 0 Å². The molecule has 6 nitrogen and oxygen atoms in total. The molecule has 0 spiro atoms. The predicted octanol–water partition coefficient (Wildman–Crippen LogP) is 10.5. The monoisotopic (exact) mass is 619 g/mol. The number of nitrogens with zero attached hydrogens (tertiary/aromatic N) is 5. The minimum Gasteiger partial charge on any atom is -0.454 e. The number of allylic oxidation sites excluding steroid dienone is 5. The number of furan rings is 1. The van der Waals surface area contributed by atoms with Crippen molar-refractivity contribution in [1.29, 1.82) is 0 Å². The van der Waals surface area contributed by atoms with Crippen LogP contribution in [0.25, 0.3) is 83.8 Å². The first kappa shape index (κ1) is 28.9. The fraction of sp³-hybridized carbons (Fsp3) is 0.0238. The maximum Gasteiger partial charge on any atom is 0.164 e. The van der Waals surface area contributed by atoms with Crippen molar-refractivity contribution >= 4 is 38.5 Å². The Bertz CT molecular complexity index is 2530. The first-order valence-corrected chi connectivity index (χ1v) is 15.7. The van der Waals surface area contributed by atoms with Crippen molar-refractivity contribution in [2.75, 3.05) is 0 Å². The van der Waals surface area contributed by atoms with Gasteiger partial charge in [0, 0.05) is 27.5 Å². The highest BCUT2D eigenvalue weighted by atomic mass is 16.3. The number of aromatic nitrogens is 5. The van der Waals surface area contributed by atoms with E-state index in [9.17, 15) is 0 Å². The van der Waals surface area contributed by atoms with Gasteiger partial charge in [0.05, 0.1) is 16.9 Å². The lowest BCUT2D eigenvalue weighted by Crippen LogP contribution is -2.01. The van der Waals surface area contributed by atoms with Crippen molar-refractivity contribution in [1.82, 2.24) is 24.9 Å². The van der Waals surface area contributed by atoms with E-state index in [1.165, 1.54) is 0 Å². The van der Waals surface area contributed by atoms with Crippen LogP contribution in [0.15, 0.2) is 157 Å². The van der Waals surface area contributed by atoms with Gasteiger partial charge in [0.2, 0.25) is 0 Å². The lowest BCUT2D eigenvalue weighted by Gasteiger charge is -2.10.